The van der Waals surface area contributed by atoms with Gasteiger partial charge in [-0.3, -0.25) is 0 Å². The molecule has 1 N–H and O–H groups in total. The van der Waals surface area contributed by atoms with Crippen molar-refractivity contribution in [2.45, 2.75) is 65.9 Å². The van der Waals surface area contributed by atoms with E-state index in [0.29, 0.717) is 11.8 Å². The van der Waals surface area contributed by atoms with Crippen LogP contribution in [0.1, 0.15) is 59.8 Å². The summed E-state index contributed by atoms with van der Waals surface area (Å²) in [7, 11) is 0. The molecule has 0 saturated heterocycles. The van der Waals surface area contributed by atoms with E-state index in [0.717, 1.165) is 24.7 Å². The normalized spacial score (nSPS) is 34.4. The lowest BCUT2D eigenvalue weighted by Gasteiger charge is -2.37. The van der Waals surface area contributed by atoms with Gasteiger partial charge in [0, 0.05) is 0 Å². The third-order valence-corrected chi connectivity index (χ3v) is 4.23. The van der Waals surface area contributed by atoms with Crippen molar-refractivity contribution < 1.29 is 5.11 Å². The lowest BCUT2D eigenvalue weighted by Crippen LogP contribution is -2.34. The molecule has 1 fully saturated rings. The molecule has 0 aromatic rings. The minimum atomic E-state index is -0.0507. The Bertz CT molecular complexity index is 164. The standard InChI is InChI=1S/C14H28O/c1-5-12(6-2)14(15)13-8-10(3)7-11(4)9-13/h10-15H,5-9H2,1-4H3. The Balaban J connectivity index is 2.53. The van der Waals surface area contributed by atoms with Gasteiger partial charge < -0.3 is 5.11 Å². The van der Waals surface area contributed by atoms with Crippen molar-refractivity contribution >= 4 is 0 Å². The average Bonchev–Trinajstić information content (AvgIpc) is 2.18. The molecule has 0 bridgehead atoms. The molecular formula is C14H28O. The third-order valence-electron chi connectivity index (χ3n) is 4.23. The Labute approximate surface area is 95.3 Å². The molecule has 0 aromatic heterocycles. The monoisotopic (exact) mass is 212 g/mol. The first kappa shape index (κ1) is 13.0. The van der Waals surface area contributed by atoms with Crippen LogP contribution >= 0.6 is 0 Å². The molecular weight excluding hydrogens is 184 g/mol. The van der Waals surface area contributed by atoms with Gasteiger partial charge in [0.1, 0.15) is 0 Å². The van der Waals surface area contributed by atoms with Crippen molar-refractivity contribution in [3.05, 3.63) is 0 Å². The number of hydrogen-bond donors (Lipinski definition) is 1. The highest BCUT2D eigenvalue weighted by atomic mass is 16.3. The second-order valence-corrected chi connectivity index (χ2v) is 5.74. The second-order valence-electron chi connectivity index (χ2n) is 5.74. The smallest absolute Gasteiger partial charge is 0.0596 e. The maximum atomic E-state index is 10.4. The zero-order chi connectivity index (χ0) is 11.4. The molecule has 1 nitrogen and oxygen atoms in total. The van der Waals surface area contributed by atoms with E-state index in [1.165, 1.54) is 19.3 Å². The van der Waals surface area contributed by atoms with Gasteiger partial charge in [-0.25, -0.2) is 0 Å². The third kappa shape index (κ3) is 3.48. The van der Waals surface area contributed by atoms with Crippen LogP contribution in [-0.4, -0.2) is 11.2 Å². The fraction of sp³-hybridized carbons (Fsp3) is 1.00. The first-order chi connectivity index (χ1) is 7.08. The largest absolute Gasteiger partial charge is 0.393 e. The first-order valence-corrected chi connectivity index (χ1v) is 6.76. The Kier molecular flexibility index (Phi) is 5.11. The van der Waals surface area contributed by atoms with Crippen LogP contribution in [-0.2, 0) is 0 Å². The molecule has 1 aliphatic carbocycles. The molecule has 0 radical (unpaired) electrons. The number of aliphatic hydroxyl groups excluding tert-OH is 1. The molecule has 90 valence electrons. The van der Waals surface area contributed by atoms with Gasteiger partial charge in [0.05, 0.1) is 6.10 Å². The van der Waals surface area contributed by atoms with E-state index in [-0.39, 0.29) is 6.10 Å². The van der Waals surface area contributed by atoms with Crippen LogP contribution in [0.15, 0.2) is 0 Å². The second kappa shape index (κ2) is 5.89. The van der Waals surface area contributed by atoms with Gasteiger partial charge in [-0.05, 0) is 42.9 Å². The predicted octanol–water partition coefficient (Wildman–Crippen LogP) is 3.86. The predicted molar refractivity (Wildman–Crippen MR) is 65.7 cm³/mol. The van der Waals surface area contributed by atoms with Gasteiger partial charge in [0.2, 0.25) is 0 Å². The van der Waals surface area contributed by atoms with E-state index in [1.807, 2.05) is 0 Å². The lowest BCUT2D eigenvalue weighted by atomic mass is 9.71. The van der Waals surface area contributed by atoms with Gasteiger partial charge in [-0.15, -0.1) is 0 Å². The first-order valence-electron chi connectivity index (χ1n) is 6.76. The summed E-state index contributed by atoms with van der Waals surface area (Å²) in [6.07, 6.45) is 6.02. The molecule has 1 heteroatoms. The van der Waals surface area contributed by atoms with Crippen molar-refractivity contribution in [2.24, 2.45) is 23.7 Å². The maximum absolute atomic E-state index is 10.4. The molecule has 3 unspecified atom stereocenters. The van der Waals surface area contributed by atoms with Gasteiger partial charge in [-0.1, -0.05) is 40.5 Å². The summed E-state index contributed by atoms with van der Waals surface area (Å²) >= 11 is 0. The van der Waals surface area contributed by atoms with Gasteiger partial charge in [-0.2, -0.15) is 0 Å². The Morgan fingerprint density at radius 1 is 1.00 bits per heavy atom. The molecule has 1 aliphatic rings. The van der Waals surface area contributed by atoms with Crippen molar-refractivity contribution in [1.82, 2.24) is 0 Å². The number of rotatable bonds is 4. The molecule has 1 saturated carbocycles. The maximum Gasteiger partial charge on any atom is 0.0596 e. The van der Waals surface area contributed by atoms with E-state index in [2.05, 4.69) is 27.7 Å². The summed E-state index contributed by atoms with van der Waals surface area (Å²) in [5.74, 6) is 2.70. The van der Waals surface area contributed by atoms with E-state index in [4.69, 9.17) is 0 Å². The summed E-state index contributed by atoms with van der Waals surface area (Å²) in [4.78, 5) is 0. The zero-order valence-electron chi connectivity index (χ0n) is 10.9. The van der Waals surface area contributed by atoms with Crippen LogP contribution in [0, 0.1) is 23.7 Å². The highest BCUT2D eigenvalue weighted by Gasteiger charge is 2.31. The van der Waals surface area contributed by atoms with Crippen molar-refractivity contribution in [3.63, 3.8) is 0 Å². The topological polar surface area (TPSA) is 20.2 Å². The summed E-state index contributed by atoms with van der Waals surface area (Å²) in [6.45, 7) is 9.07. The highest BCUT2D eigenvalue weighted by molar-refractivity contribution is 4.82. The SMILES string of the molecule is CCC(CC)C(O)C1CC(C)CC(C)C1. The molecule has 0 aliphatic heterocycles. The summed E-state index contributed by atoms with van der Waals surface area (Å²) in [5.41, 5.74) is 0. The Morgan fingerprint density at radius 2 is 1.47 bits per heavy atom. The molecule has 15 heavy (non-hydrogen) atoms. The molecule has 0 spiro atoms. The summed E-state index contributed by atoms with van der Waals surface area (Å²) < 4.78 is 0. The summed E-state index contributed by atoms with van der Waals surface area (Å²) in [5, 5.41) is 10.4. The van der Waals surface area contributed by atoms with Gasteiger partial charge >= 0.3 is 0 Å². The van der Waals surface area contributed by atoms with Crippen molar-refractivity contribution in [3.8, 4) is 0 Å². The zero-order valence-corrected chi connectivity index (χ0v) is 10.9. The van der Waals surface area contributed by atoms with Crippen LogP contribution in [0.3, 0.4) is 0 Å². The van der Waals surface area contributed by atoms with Gasteiger partial charge in [0.25, 0.3) is 0 Å². The fourth-order valence-electron chi connectivity index (χ4n) is 3.44. The van der Waals surface area contributed by atoms with E-state index in [1.54, 1.807) is 0 Å². The number of aliphatic hydroxyl groups is 1. The Hall–Kier alpha value is -0.0400. The van der Waals surface area contributed by atoms with Crippen molar-refractivity contribution in [2.75, 3.05) is 0 Å². The highest BCUT2D eigenvalue weighted by Crippen LogP contribution is 2.37. The quantitative estimate of drug-likeness (QED) is 0.750. The lowest BCUT2D eigenvalue weighted by molar-refractivity contribution is 0.0102. The average molecular weight is 212 g/mol. The molecule has 0 heterocycles. The summed E-state index contributed by atoms with van der Waals surface area (Å²) in [6, 6.07) is 0. The molecule has 0 amide bonds. The molecule has 3 atom stereocenters. The van der Waals surface area contributed by atoms with Gasteiger partial charge in [0.15, 0.2) is 0 Å². The van der Waals surface area contributed by atoms with Crippen LogP contribution in [0.25, 0.3) is 0 Å². The van der Waals surface area contributed by atoms with Crippen LogP contribution < -0.4 is 0 Å². The Morgan fingerprint density at radius 3 is 1.87 bits per heavy atom. The van der Waals surface area contributed by atoms with E-state index >= 15 is 0 Å². The minimum Gasteiger partial charge on any atom is -0.393 e. The van der Waals surface area contributed by atoms with E-state index in [9.17, 15) is 5.11 Å². The van der Waals surface area contributed by atoms with Crippen LogP contribution in [0.2, 0.25) is 0 Å². The molecule has 1 rings (SSSR count). The van der Waals surface area contributed by atoms with E-state index < -0.39 is 0 Å². The molecule has 0 aromatic carbocycles. The minimum absolute atomic E-state index is 0.0507. The fourth-order valence-corrected chi connectivity index (χ4v) is 3.44. The van der Waals surface area contributed by atoms with Crippen LogP contribution in [0.4, 0.5) is 0 Å². The van der Waals surface area contributed by atoms with Crippen LogP contribution in [0.5, 0.6) is 0 Å². The number of hydrogen-bond acceptors (Lipinski definition) is 1. The van der Waals surface area contributed by atoms with Crippen molar-refractivity contribution in [1.29, 1.82) is 0 Å².